The fourth-order valence-corrected chi connectivity index (χ4v) is 5.78. The van der Waals surface area contributed by atoms with E-state index in [9.17, 15) is 0 Å². The summed E-state index contributed by atoms with van der Waals surface area (Å²) in [4.78, 5) is 9.67. The largest absolute Gasteiger partial charge is 0.497 e. The van der Waals surface area contributed by atoms with Gasteiger partial charge in [0.1, 0.15) is 11.6 Å². The van der Waals surface area contributed by atoms with Crippen LogP contribution in [0.5, 0.6) is 5.75 Å². The van der Waals surface area contributed by atoms with Crippen molar-refractivity contribution in [2.24, 2.45) is 0 Å². The number of rotatable bonds is 13. The normalized spacial score (nSPS) is 17.0. The topological polar surface area (TPSA) is 95.2 Å². The SMILES string of the molecule is COc1ccc2c(NC3CCNCC3)nc(NCc3ccc(CNCCCNC4CCCCCC4)cc3)nc2c1. The zero-order valence-corrected chi connectivity index (χ0v) is 24.1. The zero-order valence-electron chi connectivity index (χ0n) is 24.1. The van der Waals surface area contributed by atoms with Gasteiger partial charge in [0.15, 0.2) is 0 Å². The van der Waals surface area contributed by atoms with Crippen LogP contribution in [0.15, 0.2) is 42.5 Å². The minimum absolute atomic E-state index is 0.410. The van der Waals surface area contributed by atoms with Crippen LogP contribution in [0.2, 0.25) is 0 Å². The molecule has 2 aliphatic rings. The summed E-state index contributed by atoms with van der Waals surface area (Å²) < 4.78 is 5.45. The molecule has 0 unspecified atom stereocenters. The van der Waals surface area contributed by atoms with Gasteiger partial charge in [-0.2, -0.15) is 4.98 Å². The molecule has 40 heavy (non-hydrogen) atoms. The number of methoxy groups -OCH3 is 1. The maximum absolute atomic E-state index is 5.45. The molecule has 0 bridgehead atoms. The smallest absolute Gasteiger partial charge is 0.225 e. The molecule has 0 amide bonds. The predicted molar refractivity (Wildman–Crippen MR) is 165 cm³/mol. The van der Waals surface area contributed by atoms with Crippen LogP contribution in [-0.2, 0) is 13.1 Å². The Morgan fingerprint density at radius 1 is 0.825 bits per heavy atom. The van der Waals surface area contributed by atoms with Crippen molar-refractivity contribution in [3.63, 3.8) is 0 Å². The summed E-state index contributed by atoms with van der Waals surface area (Å²) >= 11 is 0. The molecule has 3 aromatic rings. The first kappa shape index (κ1) is 28.6. The predicted octanol–water partition coefficient (Wildman–Crippen LogP) is 5.21. The van der Waals surface area contributed by atoms with Crippen LogP contribution in [0.25, 0.3) is 10.9 Å². The van der Waals surface area contributed by atoms with Crippen LogP contribution >= 0.6 is 0 Å². The first-order chi connectivity index (χ1) is 19.8. The van der Waals surface area contributed by atoms with Gasteiger partial charge in [-0.05, 0) is 81.5 Å². The molecule has 1 aromatic heterocycles. The average molecular weight is 546 g/mol. The Morgan fingerprint density at radius 2 is 1.57 bits per heavy atom. The lowest BCUT2D eigenvalue weighted by atomic mass is 10.1. The van der Waals surface area contributed by atoms with Gasteiger partial charge in [0.25, 0.3) is 0 Å². The highest BCUT2D eigenvalue weighted by Gasteiger charge is 2.16. The maximum atomic E-state index is 5.45. The van der Waals surface area contributed by atoms with Gasteiger partial charge in [-0.15, -0.1) is 0 Å². The van der Waals surface area contributed by atoms with Crippen molar-refractivity contribution in [2.45, 2.75) is 83.0 Å². The molecule has 8 heteroatoms. The van der Waals surface area contributed by atoms with Gasteiger partial charge in [-0.25, -0.2) is 4.98 Å². The summed E-state index contributed by atoms with van der Waals surface area (Å²) in [5.74, 6) is 2.30. The number of anilines is 2. The minimum Gasteiger partial charge on any atom is -0.497 e. The average Bonchev–Trinajstić information content (AvgIpc) is 3.27. The third-order valence-electron chi connectivity index (χ3n) is 8.21. The minimum atomic E-state index is 0.410. The Labute approximate surface area is 239 Å². The van der Waals surface area contributed by atoms with Gasteiger partial charge in [0, 0.05) is 36.6 Å². The first-order valence-electron chi connectivity index (χ1n) is 15.4. The van der Waals surface area contributed by atoms with Crippen molar-refractivity contribution in [1.82, 2.24) is 25.9 Å². The number of ether oxygens (including phenoxy) is 1. The van der Waals surface area contributed by atoms with E-state index < -0.39 is 0 Å². The molecule has 0 atom stereocenters. The molecular formula is C32H47N7O. The Kier molecular flexibility index (Phi) is 10.8. The standard InChI is InChI=1S/C32H47N7O/c1-40-28-13-14-29-30(21-28)38-32(39-31(29)37-27-15-19-33-20-16-27)36-23-25-11-9-24(10-12-25)22-34-17-6-18-35-26-7-4-2-3-5-8-26/h9-14,21,26-27,33-35H,2-8,15-20,22-23H2,1H3,(H2,36,37,38,39). The van der Waals surface area contributed by atoms with Gasteiger partial charge >= 0.3 is 0 Å². The number of fused-ring (bicyclic) bond motifs is 1. The molecule has 5 rings (SSSR count). The van der Waals surface area contributed by atoms with E-state index in [-0.39, 0.29) is 0 Å². The molecule has 1 aliphatic carbocycles. The van der Waals surface area contributed by atoms with E-state index in [4.69, 9.17) is 14.7 Å². The second kappa shape index (κ2) is 15.2. The monoisotopic (exact) mass is 545 g/mol. The molecule has 1 saturated heterocycles. The number of nitrogens with one attached hydrogen (secondary N) is 5. The van der Waals surface area contributed by atoms with E-state index >= 15 is 0 Å². The van der Waals surface area contributed by atoms with E-state index in [2.05, 4.69) is 50.8 Å². The lowest BCUT2D eigenvalue weighted by Gasteiger charge is -2.25. The highest BCUT2D eigenvalue weighted by atomic mass is 16.5. The maximum Gasteiger partial charge on any atom is 0.225 e. The number of hydrogen-bond donors (Lipinski definition) is 5. The van der Waals surface area contributed by atoms with Crippen LogP contribution in [0.3, 0.4) is 0 Å². The summed E-state index contributed by atoms with van der Waals surface area (Å²) in [5.41, 5.74) is 3.39. The van der Waals surface area contributed by atoms with Crippen molar-refractivity contribution in [2.75, 3.05) is 43.9 Å². The molecule has 8 nitrogen and oxygen atoms in total. The summed E-state index contributed by atoms with van der Waals surface area (Å²) in [6, 6.07) is 15.9. The number of hydrogen-bond acceptors (Lipinski definition) is 8. The second-order valence-electron chi connectivity index (χ2n) is 11.3. The fraction of sp³-hybridized carbons (Fsp3) is 0.562. The lowest BCUT2D eigenvalue weighted by Crippen LogP contribution is -2.35. The van der Waals surface area contributed by atoms with E-state index in [1.165, 1.54) is 56.1 Å². The van der Waals surface area contributed by atoms with Crippen LogP contribution in [-0.4, -0.2) is 55.3 Å². The molecule has 1 saturated carbocycles. The summed E-state index contributed by atoms with van der Waals surface area (Å²) in [6.07, 6.45) is 11.7. The Morgan fingerprint density at radius 3 is 2.33 bits per heavy atom. The number of nitrogens with zero attached hydrogens (tertiary/aromatic N) is 2. The molecule has 5 N–H and O–H groups in total. The molecular weight excluding hydrogens is 498 g/mol. The van der Waals surface area contributed by atoms with Gasteiger partial charge < -0.3 is 31.3 Å². The Bertz CT molecular complexity index is 1170. The number of piperidine rings is 1. The highest BCUT2D eigenvalue weighted by Crippen LogP contribution is 2.27. The number of aromatic nitrogens is 2. The fourth-order valence-electron chi connectivity index (χ4n) is 5.78. The van der Waals surface area contributed by atoms with Crippen molar-refractivity contribution < 1.29 is 4.74 Å². The molecule has 216 valence electrons. The van der Waals surface area contributed by atoms with Gasteiger partial charge in [0.2, 0.25) is 5.95 Å². The molecule has 2 heterocycles. The summed E-state index contributed by atoms with van der Waals surface area (Å²) in [7, 11) is 1.69. The van der Waals surface area contributed by atoms with Gasteiger partial charge in [-0.1, -0.05) is 49.9 Å². The van der Waals surface area contributed by atoms with Crippen LogP contribution < -0.4 is 31.3 Å². The Hall–Kier alpha value is -2.94. The van der Waals surface area contributed by atoms with Crippen LogP contribution in [0.4, 0.5) is 11.8 Å². The Balaban J connectivity index is 1.10. The zero-order chi connectivity index (χ0) is 27.4. The van der Waals surface area contributed by atoms with Crippen molar-refractivity contribution in [3.8, 4) is 5.75 Å². The molecule has 0 radical (unpaired) electrons. The van der Waals surface area contributed by atoms with Crippen LogP contribution in [0, 0.1) is 0 Å². The van der Waals surface area contributed by atoms with Crippen molar-refractivity contribution in [1.29, 1.82) is 0 Å². The molecule has 0 spiro atoms. The summed E-state index contributed by atoms with van der Waals surface area (Å²) in [5, 5.41) is 18.9. The molecule has 2 fully saturated rings. The summed E-state index contributed by atoms with van der Waals surface area (Å²) in [6.45, 7) is 5.79. The third-order valence-corrected chi connectivity index (χ3v) is 8.21. The highest BCUT2D eigenvalue weighted by molar-refractivity contribution is 5.91. The van der Waals surface area contributed by atoms with Crippen molar-refractivity contribution in [3.05, 3.63) is 53.6 Å². The first-order valence-corrected chi connectivity index (χ1v) is 15.4. The quantitative estimate of drug-likeness (QED) is 0.148. The van der Waals surface area contributed by atoms with E-state index in [1.54, 1.807) is 7.11 Å². The van der Waals surface area contributed by atoms with E-state index in [1.807, 2.05) is 18.2 Å². The van der Waals surface area contributed by atoms with E-state index in [0.717, 1.165) is 74.1 Å². The molecule has 1 aliphatic heterocycles. The van der Waals surface area contributed by atoms with Crippen LogP contribution in [0.1, 0.15) is 68.9 Å². The second-order valence-corrected chi connectivity index (χ2v) is 11.3. The molecule has 2 aromatic carbocycles. The van der Waals surface area contributed by atoms with Gasteiger partial charge in [-0.3, -0.25) is 0 Å². The van der Waals surface area contributed by atoms with Gasteiger partial charge in [0.05, 0.1) is 12.6 Å². The number of benzene rings is 2. The third kappa shape index (κ3) is 8.53. The van der Waals surface area contributed by atoms with Crippen molar-refractivity contribution >= 4 is 22.7 Å². The van der Waals surface area contributed by atoms with E-state index in [0.29, 0.717) is 18.5 Å². The lowest BCUT2D eigenvalue weighted by molar-refractivity contribution is 0.415.